The van der Waals surface area contributed by atoms with E-state index in [9.17, 15) is 9.50 Å². The van der Waals surface area contributed by atoms with E-state index in [0.717, 1.165) is 19.0 Å². The van der Waals surface area contributed by atoms with Gasteiger partial charge >= 0.3 is 0 Å². The van der Waals surface area contributed by atoms with Gasteiger partial charge in [0.15, 0.2) is 0 Å². The molecule has 0 saturated heterocycles. The Morgan fingerprint density at radius 2 is 1.89 bits per heavy atom. The maximum Gasteiger partial charge on any atom is 0.131 e. The predicted octanol–water partition coefficient (Wildman–Crippen LogP) is 3.42. The van der Waals surface area contributed by atoms with E-state index in [1.807, 2.05) is 25.1 Å². The fraction of sp³-hybridized carbons (Fsp3) is 0.250. The normalized spacial score (nSPS) is 12.3. The fourth-order valence-electron chi connectivity index (χ4n) is 2.05. The topological polar surface area (TPSA) is 32.3 Å². The van der Waals surface area contributed by atoms with Crippen LogP contribution in [0.4, 0.5) is 4.39 Å². The quantitative estimate of drug-likeness (QED) is 0.862. The Hall–Kier alpha value is -1.87. The molecule has 0 aliphatic rings. The summed E-state index contributed by atoms with van der Waals surface area (Å²) in [4.78, 5) is 0. The first-order valence-corrected chi connectivity index (χ1v) is 6.42. The zero-order valence-corrected chi connectivity index (χ0v) is 10.9. The zero-order valence-electron chi connectivity index (χ0n) is 10.9. The highest BCUT2D eigenvalue weighted by atomic mass is 19.1. The Labute approximate surface area is 112 Å². The molecule has 0 aromatic heterocycles. The number of hydrogen-bond acceptors (Lipinski definition) is 2. The molecular formula is C16H18FNO. The summed E-state index contributed by atoms with van der Waals surface area (Å²) in [6.07, 6.45) is 0.908. The Bertz CT molecular complexity index is 528. The Balaban J connectivity index is 1.89. The molecule has 0 amide bonds. The van der Waals surface area contributed by atoms with E-state index < -0.39 is 0 Å². The number of benzene rings is 2. The van der Waals surface area contributed by atoms with Gasteiger partial charge in [0.25, 0.3) is 0 Å². The monoisotopic (exact) mass is 259 g/mol. The number of phenolic OH excluding ortho intramolecular Hbond substituents is 1. The molecule has 2 aromatic carbocycles. The van der Waals surface area contributed by atoms with Crippen LogP contribution >= 0.6 is 0 Å². The maximum absolute atomic E-state index is 13.7. The molecule has 100 valence electrons. The molecule has 1 unspecified atom stereocenters. The molecule has 0 bridgehead atoms. The molecule has 3 heteroatoms. The lowest BCUT2D eigenvalue weighted by Crippen LogP contribution is -2.22. The molecule has 0 aliphatic carbocycles. The third-order valence-corrected chi connectivity index (χ3v) is 3.16. The van der Waals surface area contributed by atoms with E-state index in [2.05, 4.69) is 17.4 Å². The van der Waals surface area contributed by atoms with Crippen LogP contribution in [0.1, 0.15) is 24.1 Å². The molecule has 0 heterocycles. The SMILES string of the molecule is CC(NCCc1ccccc1)c1ccc(O)cc1F. The first kappa shape index (κ1) is 13.6. The van der Waals surface area contributed by atoms with Crippen LogP contribution < -0.4 is 5.32 Å². The van der Waals surface area contributed by atoms with Crippen LogP contribution in [-0.2, 0) is 6.42 Å². The highest BCUT2D eigenvalue weighted by molar-refractivity contribution is 5.29. The molecule has 0 saturated carbocycles. The molecule has 2 rings (SSSR count). The molecule has 0 spiro atoms. The zero-order chi connectivity index (χ0) is 13.7. The van der Waals surface area contributed by atoms with Crippen LogP contribution in [0.5, 0.6) is 5.75 Å². The van der Waals surface area contributed by atoms with Crippen molar-refractivity contribution in [1.29, 1.82) is 0 Å². The number of nitrogens with one attached hydrogen (secondary N) is 1. The third-order valence-electron chi connectivity index (χ3n) is 3.16. The van der Waals surface area contributed by atoms with E-state index in [-0.39, 0.29) is 17.6 Å². The van der Waals surface area contributed by atoms with Gasteiger partial charge in [-0.3, -0.25) is 0 Å². The summed E-state index contributed by atoms with van der Waals surface area (Å²) in [6, 6.07) is 14.4. The van der Waals surface area contributed by atoms with Crippen molar-refractivity contribution in [2.45, 2.75) is 19.4 Å². The third kappa shape index (κ3) is 3.80. The maximum atomic E-state index is 13.7. The van der Waals surface area contributed by atoms with E-state index in [1.54, 1.807) is 6.07 Å². The number of rotatable bonds is 5. The van der Waals surface area contributed by atoms with Crippen molar-refractivity contribution >= 4 is 0 Å². The van der Waals surface area contributed by atoms with Gasteiger partial charge in [-0.2, -0.15) is 0 Å². The van der Waals surface area contributed by atoms with Crippen LogP contribution in [0, 0.1) is 5.82 Å². The van der Waals surface area contributed by atoms with Crippen molar-refractivity contribution in [2.24, 2.45) is 0 Å². The lowest BCUT2D eigenvalue weighted by atomic mass is 10.1. The van der Waals surface area contributed by atoms with E-state index in [4.69, 9.17) is 0 Å². The molecular weight excluding hydrogens is 241 g/mol. The summed E-state index contributed by atoms with van der Waals surface area (Å²) in [5.41, 5.74) is 1.83. The Morgan fingerprint density at radius 3 is 2.58 bits per heavy atom. The van der Waals surface area contributed by atoms with Crippen LogP contribution in [-0.4, -0.2) is 11.7 Å². The minimum atomic E-state index is -0.375. The lowest BCUT2D eigenvalue weighted by molar-refractivity contribution is 0.464. The van der Waals surface area contributed by atoms with E-state index in [0.29, 0.717) is 5.56 Å². The second kappa shape index (κ2) is 6.34. The molecule has 0 aliphatic heterocycles. The van der Waals surface area contributed by atoms with Crippen molar-refractivity contribution in [2.75, 3.05) is 6.54 Å². The van der Waals surface area contributed by atoms with Gasteiger partial charge in [-0.15, -0.1) is 0 Å². The summed E-state index contributed by atoms with van der Waals surface area (Å²) in [6.45, 7) is 2.70. The smallest absolute Gasteiger partial charge is 0.131 e. The van der Waals surface area contributed by atoms with Gasteiger partial charge in [0.1, 0.15) is 11.6 Å². The van der Waals surface area contributed by atoms with E-state index in [1.165, 1.54) is 11.6 Å². The van der Waals surface area contributed by atoms with Gasteiger partial charge in [-0.25, -0.2) is 4.39 Å². The highest BCUT2D eigenvalue weighted by Crippen LogP contribution is 2.20. The highest BCUT2D eigenvalue weighted by Gasteiger charge is 2.10. The summed E-state index contributed by atoms with van der Waals surface area (Å²) >= 11 is 0. The second-order valence-corrected chi connectivity index (χ2v) is 4.62. The largest absolute Gasteiger partial charge is 0.508 e. The minimum absolute atomic E-state index is 0.0438. The van der Waals surface area contributed by atoms with Crippen molar-refractivity contribution in [3.63, 3.8) is 0 Å². The van der Waals surface area contributed by atoms with Gasteiger partial charge in [0, 0.05) is 17.7 Å². The molecule has 2 nitrogen and oxygen atoms in total. The summed E-state index contributed by atoms with van der Waals surface area (Å²) < 4.78 is 13.7. The summed E-state index contributed by atoms with van der Waals surface area (Å²) in [5, 5.41) is 12.5. The van der Waals surface area contributed by atoms with Crippen LogP contribution in [0.15, 0.2) is 48.5 Å². The van der Waals surface area contributed by atoms with Crippen LogP contribution in [0.25, 0.3) is 0 Å². The Kier molecular flexibility index (Phi) is 4.53. The standard InChI is InChI=1S/C16H18FNO/c1-12(15-8-7-14(19)11-16(15)17)18-10-9-13-5-3-2-4-6-13/h2-8,11-12,18-19H,9-10H2,1H3. The molecule has 2 N–H and O–H groups in total. The van der Waals surface area contributed by atoms with Gasteiger partial charge in [0.05, 0.1) is 0 Å². The number of halogens is 1. The first-order valence-electron chi connectivity index (χ1n) is 6.42. The molecule has 2 aromatic rings. The van der Waals surface area contributed by atoms with Crippen molar-refractivity contribution in [3.8, 4) is 5.75 Å². The lowest BCUT2D eigenvalue weighted by Gasteiger charge is -2.15. The number of aromatic hydroxyl groups is 1. The average molecular weight is 259 g/mol. The average Bonchev–Trinajstić information content (AvgIpc) is 2.39. The van der Waals surface area contributed by atoms with Crippen LogP contribution in [0.2, 0.25) is 0 Å². The van der Waals surface area contributed by atoms with Gasteiger partial charge in [0.2, 0.25) is 0 Å². The second-order valence-electron chi connectivity index (χ2n) is 4.62. The minimum Gasteiger partial charge on any atom is -0.508 e. The number of phenols is 1. The van der Waals surface area contributed by atoms with Gasteiger partial charge in [-0.1, -0.05) is 36.4 Å². The summed E-state index contributed by atoms with van der Waals surface area (Å²) in [7, 11) is 0. The van der Waals surface area contributed by atoms with Crippen molar-refractivity contribution in [3.05, 3.63) is 65.5 Å². The van der Waals surface area contributed by atoms with Gasteiger partial charge in [-0.05, 0) is 31.5 Å². The predicted molar refractivity (Wildman–Crippen MR) is 74.6 cm³/mol. The van der Waals surface area contributed by atoms with E-state index >= 15 is 0 Å². The Morgan fingerprint density at radius 1 is 1.16 bits per heavy atom. The molecule has 0 fully saturated rings. The molecule has 19 heavy (non-hydrogen) atoms. The fourth-order valence-corrected chi connectivity index (χ4v) is 2.05. The van der Waals surface area contributed by atoms with Crippen molar-refractivity contribution < 1.29 is 9.50 Å². The van der Waals surface area contributed by atoms with Crippen molar-refractivity contribution in [1.82, 2.24) is 5.32 Å². The summed E-state index contributed by atoms with van der Waals surface area (Å²) in [5.74, 6) is -0.419. The molecule has 1 atom stereocenters. The first-order chi connectivity index (χ1) is 9.16. The van der Waals surface area contributed by atoms with Crippen LogP contribution in [0.3, 0.4) is 0 Å². The molecule has 0 radical (unpaired) electrons. The number of hydrogen-bond donors (Lipinski definition) is 2. The van der Waals surface area contributed by atoms with Gasteiger partial charge < -0.3 is 10.4 Å².